The third-order valence-electron chi connectivity index (χ3n) is 3.61. The van der Waals surface area contributed by atoms with Crippen molar-refractivity contribution in [2.24, 2.45) is 11.1 Å². The molecule has 1 spiro atoms. The second kappa shape index (κ2) is 2.89. The van der Waals surface area contributed by atoms with Crippen molar-refractivity contribution < 1.29 is 8.78 Å². The van der Waals surface area contributed by atoms with Crippen LogP contribution in [0.5, 0.6) is 0 Å². The summed E-state index contributed by atoms with van der Waals surface area (Å²) < 4.78 is 25.8. The van der Waals surface area contributed by atoms with E-state index in [1.54, 1.807) is 0 Å². The lowest BCUT2D eigenvalue weighted by Gasteiger charge is -2.39. The topological polar surface area (TPSA) is 38.0 Å². The fraction of sp³-hybridized carbons (Fsp3) is 1.00. The predicted octanol–water partition coefficient (Wildman–Crippen LogP) is 1.11. The summed E-state index contributed by atoms with van der Waals surface area (Å²) in [6.07, 6.45) is 1.19. The van der Waals surface area contributed by atoms with Crippen molar-refractivity contribution in [1.29, 1.82) is 0 Å². The molecule has 1 saturated carbocycles. The highest BCUT2D eigenvalue weighted by molar-refractivity contribution is 5.01. The van der Waals surface area contributed by atoms with E-state index in [1.165, 1.54) is 0 Å². The molecule has 1 aliphatic heterocycles. The van der Waals surface area contributed by atoms with E-state index in [9.17, 15) is 8.78 Å². The maximum atomic E-state index is 12.9. The molecule has 1 saturated heterocycles. The van der Waals surface area contributed by atoms with Crippen LogP contribution in [0.4, 0.5) is 8.78 Å². The third-order valence-corrected chi connectivity index (χ3v) is 3.61. The van der Waals surface area contributed by atoms with Crippen molar-refractivity contribution in [3.63, 3.8) is 0 Å². The highest BCUT2D eigenvalue weighted by atomic mass is 19.3. The van der Waals surface area contributed by atoms with Gasteiger partial charge in [0.25, 0.3) is 0 Å². The van der Waals surface area contributed by atoms with Crippen LogP contribution in [0.2, 0.25) is 0 Å². The lowest BCUT2D eigenvalue weighted by atomic mass is 9.70. The van der Waals surface area contributed by atoms with Crippen molar-refractivity contribution >= 4 is 0 Å². The van der Waals surface area contributed by atoms with Crippen molar-refractivity contribution in [2.75, 3.05) is 13.1 Å². The highest BCUT2D eigenvalue weighted by Gasteiger charge is 2.48. The van der Waals surface area contributed by atoms with Crippen LogP contribution in [0, 0.1) is 5.41 Å². The number of rotatable bonds is 0. The highest BCUT2D eigenvalue weighted by Crippen LogP contribution is 2.46. The minimum absolute atomic E-state index is 0.0162. The zero-order valence-electron chi connectivity index (χ0n) is 7.65. The van der Waals surface area contributed by atoms with Crippen LogP contribution in [0.1, 0.15) is 25.7 Å². The molecule has 0 aromatic carbocycles. The first-order valence-electron chi connectivity index (χ1n) is 4.88. The molecule has 76 valence electrons. The summed E-state index contributed by atoms with van der Waals surface area (Å²) >= 11 is 0. The van der Waals surface area contributed by atoms with Crippen molar-refractivity contribution in [2.45, 2.75) is 37.6 Å². The lowest BCUT2D eigenvalue weighted by Crippen LogP contribution is -2.45. The van der Waals surface area contributed by atoms with E-state index in [2.05, 4.69) is 5.32 Å². The van der Waals surface area contributed by atoms with Gasteiger partial charge < -0.3 is 11.1 Å². The molecule has 0 amide bonds. The largest absolute Gasteiger partial charge is 0.326 e. The second-order valence-electron chi connectivity index (χ2n) is 4.46. The van der Waals surface area contributed by atoms with E-state index >= 15 is 0 Å². The average molecular weight is 190 g/mol. The number of nitrogens with one attached hydrogen (secondary N) is 1. The van der Waals surface area contributed by atoms with Gasteiger partial charge >= 0.3 is 0 Å². The molecule has 0 aromatic heterocycles. The Bertz CT molecular complexity index is 196. The van der Waals surface area contributed by atoms with Crippen LogP contribution >= 0.6 is 0 Å². The Balaban J connectivity index is 2.04. The van der Waals surface area contributed by atoms with E-state index in [0.29, 0.717) is 12.8 Å². The molecule has 13 heavy (non-hydrogen) atoms. The first-order chi connectivity index (χ1) is 6.04. The summed E-state index contributed by atoms with van der Waals surface area (Å²) in [5.74, 6) is -2.44. The first-order valence-corrected chi connectivity index (χ1v) is 4.88. The van der Waals surface area contributed by atoms with Gasteiger partial charge in [0.05, 0.1) is 0 Å². The normalized spacial score (nSPS) is 36.7. The van der Waals surface area contributed by atoms with E-state index in [4.69, 9.17) is 5.73 Å². The fourth-order valence-corrected chi connectivity index (χ4v) is 2.49. The maximum absolute atomic E-state index is 12.9. The monoisotopic (exact) mass is 190 g/mol. The Morgan fingerprint density at radius 2 is 1.77 bits per heavy atom. The molecule has 2 aliphatic rings. The molecule has 1 unspecified atom stereocenters. The number of nitrogens with two attached hydrogens (primary N) is 1. The molecule has 2 fully saturated rings. The average Bonchev–Trinajstić information content (AvgIpc) is 2.41. The van der Waals surface area contributed by atoms with E-state index in [0.717, 1.165) is 13.1 Å². The van der Waals surface area contributed by atoms with Gasteiger partial charge in [-0.1, -0.05) is 0 Å². The Labute approximate surface area is 76.9 Å². The zero-order chi connectivity index (χ0) is 9.53. The van der Waals surface area contributed by atoms with Gasteiger partial charge in [0.15, 0.2) is 0 Å². The van der Waals surface area contributed by atoms with Crippen LogP contribution in [0.3, 0.4) is 0 Å². The van der Waals surface area contributed by atoms with Crippen molar-refractivity contribution in [3.8, 4) is 0 Å². The number of hydrogen-bond acceptors (Lipinski definition) is 2. The molecule has 4 heteroatoms. The third kappa shape index (κ3) is 1.57. The van der Waals surface area contributed by atoms with Gasteiger partial charge in [-0.2, -0.15) is 0 Å². The van der Waals surface area contributed by atoms with Gasteiger partial charge in [-0.3, -0.25) is 0 Å². The van der Waals surface area contributed by atoms with Gasteiger partial charge in [-0.05, 0) is 18.3 Å². The van der Waals surface area contributed by atoms with Gasteiger partial charge in [0.2, 0.25) is 5.92 Å². The molecule has 2 nitrogen and oxygen atoms in total. The summed E-state index contributed by atoms with van der Waals surface area (Å²) in [6, 6.07) is 0.0728. The molecule has 1 aliphatic carbocycles. The Kier molecular flexibility index (Phi) is 2.07. The summed E-state index contributed by atoms with van der Waals surface area (Å²) in [4.78, 5) is 0. The molecule has 2 rings (SSSR count). The standard InChI is InChI=1S/C9H16F2N2/c10-9(11)3-1-8(2-4-9)6-13-5-7(8)12/h7,13H,1-6,12H2. The zero-order valence-corrected chi connectivity index (χ0v) is 7.65. The van der Waals surface area contributed by atoms with Gasteiger partial charge in [0, 0.05) is 32.0 Å². The molecular weight excluding hydrogens is 174 g/mol. The Hall–Kier alpha value is -0.220. The molecule has 1 heterocycles. The summed E-state index contributed by atoms with van der Waals surface area (Å²) in [5, 5.41) is 3.19. The molecule has 3 N–H and O–H groups in total. The van der Waals surface area contributed by atoms with Gasteiger partial charge in [-0.25, -0.2) is 8.78 Å². The van der Waals surface area contributed by atoms with Crippen LogP contribution in [-0.2, 0) is 0 Å². The first kappa shape index (κ1) is 9.34. The molecule has 1 atom stereocenters. The minimum atomic E-state index is -2.44. The maximum Gasteiger partial charge on any atom is 0.248 e. The van der Waals surface area contributed by atoms with Gasteiger partial charge in [-0.15, -0.1) is 0 Å². The SMILES string of the molecule is NC1CNCC12CCC(F)(F)CC2. The van der Waals surface area contributed by atoms with Crippen molar-refractivity contribution in [1.82, 2.24) is 5.32 Å². The van der Waals surface area contributed by atoms with E-state index < -0.39 is 5.92 Å². The van der Waals surface area contributed by atoms with Crippen LogP contribution in [-0.4, -0.2) is 25.1 Å². The Morgan fingerprint density at radius 1 is 1.15 bits per heavy atom. The van der Waals surface area contributed by atoms with Crippen molar-refractivity contribution in [3.05, 3.63) is 0 Å². The Morgan fingerprint density at radius 3 is 2.23 bits per heavy atom. The van der Waals surface area contributed by atoms with Crippen LogP contribution in [0.15, 0.2) is 0 Å². The summed E-state index contributed by atoms with van der Waals surface area (Å²) in [7, 11) is 0. The molecule has 0 bridgehead atoms. The number of alkyl halides is 2. The second-order valence-corrected chi connectivity index (χ2v) is 4.46. The van der Waals surface area contributed by atoms with E-state index in [1.807, 2.05) is 0 Å². The van der Waals surface area contributed by atoms with Crippen LogP contribution in [0.25, 0.3) is 0 Å². The van der Waals surface area contributed by atoms with E-state index in [-0.39, 0.29) is 24.3 Å². The van der Waals surface area contributed by atoms with Gasteiger partial charge in [0.1, 0.15) is 0 Å². The molecule has 0 aromatic rings. The number of halogens is 2. The smallest absolute Gasteiger partial charge is 0.248 e. The quantitative estimate of drug-likeness (QED) is 0.600. The summed E-state index contributed by atoms with van der Waals surface area (Å²) in [6.45, 7) is 1.61. The summed E-state index contributed by atoms with van der Waals surface area (Å²) in [5.41, 5.74) is 5.90. The predicted molar refractivity (Wildman–Crippen MR) is 46.7 cm³/mol. The minimum Gasteiger partial charge on any atom is -0.326 e. The molecule has 0 radical (unpaired) electrons. The fourth-order valence-electron chi connectivity index (χ4n) is 2.49. The number of hydrogen-bond donors (Lipinski definition) is 2. The molecular formula is C9H16F2N2. The van der Waals surface area contributed by atoms with Crippen LogP contribution < -0.4 is 11.1 Å². The lowest BCUT2D eigenvalue weighted by molar-refractivity contribution is -0.0656.